The Balaban J connectivity index is 2.17. The largest absolute Gasteiger partial charge is 0.317 e. The lowest BCUT2D eigenvalue weighted by Gasteiger charge is -2.10. The maximum atomic E-state index is 13.2. The summed E-state index contributed by atoms with van der Waals surface area (Å²) in [5, 5.41) is 3.71. The first kappa shape index (κ1) is 17.5. The molecule has 1 unspecified atom stereocenters. The van der Waals surface area contributed by atoms with Crippen LogP contribution in [0.25, 0.3) is 10.6 Å². The molecule has 1 atom stereocenters. The van der Waals surface area contributed by atoms with E-state index in [9.17, 15) is 17.6 Å². The molecule has 0 radical (unpaired) electrons. The third kappa shape index (κ3) is 4.83. The lowest BCUT2D eigenvalue weighted by Crippen LogP contribution is -2.28. The van der Waals surface area contributed by atoms with Crippen LogP contribution in [-0.4, -0.2) is 44.1 Å². The molecule has 122 valence electrons. The molecule has 0 saturated heterocycles. The summed E-state index contributed by atoms with van der Waals surface area (Å²) in [4.78, 5) is 20.1. The van der Waals surface area contributed by atoms with Crippen molar-refractivity contribution in [3.05, 3.63) is 24.3 Å². The van der Waals surface area contributed by atoms with Crippen molar-refractivity contribution in [3.63, 3.8) is 0 Å². The number of thiazole rings is 1. The highest BCUT2D eigenvalue weighted by Crippen LogP contribution is 2.27. The number of anilines is 1. The second kappa shape index (κ2) is 6.75. The number of rotatable bonds is 5. The van der Waals surface area contributed by atoms with Crippen molar-refractivity contribution < 1.29 is 17.6 Å². The van der Waals surface area contributed by atoms with Gasteiger partial charge in [-0.15, -0.1) is 0 Å². The Kier molecular flexibility index (Phi) is 5.15. The van der Waals surface area contributed by atoms with E-state index in [2.05, 4.69) is 15.3 Å². The highest BCUT2D eigenvalue weighted by molar-refractivity contribution is 7.90. The Morgan fingerprint density at radius 3 is 2.78 bits per heavy atom. The number of hydrogen-bond acceptors (Lipinski definition) is 6. The fraction of sp³-hybridized carbons (Fsp3) is 0.308. The van der Waals surface area contributed by atoms with Gasteiger partial charge in [0.05, 0.1) is 11.9 Å². The Morgan fingerprint density at radius 1 is 1.48 bits per heavy atom. The second-order valence-electron chi connectivity index (χ2n) is 5.31. The van der Waals surface area contributed by atoms with Crippen molar-refractivity contribution in [1.82, 2.24) is 9.97 Å². The Bertz CT molecular complexity index is 839. The topological polar surface area (TPSA) is 89.0 Å². The molecule has 2 rings (SSSR count). The molecule has 2 aromatic rings. The van der Waals surface area contributed by atoms with E-state index in [1.165, 1.54) is 23.6 Å². The molecular weight excluding hydrogens is 340 g/mol. The molecule has 0 aliphatic carbocycles. The number of sulfone groups is 1. The third-order valence-corrected chi connectivity index (χ3v) is 5.21. The van der Waals surface area contributed by atoms with Gasteiger partial charge in [0.15, 0.2) is 7.85 Å². The van der Waals surface area contributed by atoms with Gasteiger partial charge in [0.25, 0.3) is 0 Å². The average molecular weight is 355 g/mol. The van der Waals surface area contributed by atoms with Gasteiger partial charge in [-0.3, -0.25) is 9.78 Å². The van der Waals surface area contributed by atoms with E-state index in [-0.39, 0.29) is 5.75 Å². The van der Waals surface area contributed by atoms with Crippen LogP contribution in [0.4, 0.5) is 9.39 Å². The maximum absolute atomic E-state index is 13.2. The maximum Gasteiger partial charge on any atom is 0.228 e. The number of pyridine rings is 1. The highest BCUT2D eigenvalue weighted by atomic mass is 32.2. The van der Waals surface area contributed by atoms with E-state index in [4.69, 9.17) is 0 Å². The zero-order valence-electron chi connectivity index (χ0n) is 12.8. The molecule has 6 nitrogen and oxygen atoms in total. The van der Waals surface area contributed by atoms with Gasteiger partial charge < -0.3 is 5.32 Å². The fourth-order valence-electron chi connectivity index (χ4n) is 1.93. The summed E-state index contributed by atoms with van der Waals surface area (Å²) in [5.41, 5.74) is 1.09. The van der Waals surface area contributed by atoms with Gasteiger partial charge >= 0.3 is 0 Å². The number of nitrogens with zero attached hydrogens (tertiary/aromatic N) is 2. The molecular formula is C13H15BFN3O3S2. The number of amides is 1. The Morgan fingerprint density at radius 2 is 2.17 bits per heavy atom. The zero-order valence-corrected chi connectivity index (χ0v) is 14.5. The minimum atomic E-state index is -3.24. The van der Waals surface area contributed by atoms with Crippen molar-refractivity contribution in [1.29, 1.82) is 0 Å². The smallest absolute Gasteiger partial charge is 0.228 e. The molecule has 0 aliphatic heterocycles. The van der Waals surface area contributed by atoms with Crippen LogP contribution in [0.1, 0.15) is 6.92 Å². The first-order chi connectivity index (χ1) is 10.7. The molecule has 23 heavy (non-hydrogen) atoms. The first-order valence-corrected chi connectivity index (χ1v) is 9.60. The number of aromatic nitrogens is 2. The molecule has 0 aliphatic rings. The highest BCUT2D eigenvalue weighted by Gasteiger charge is 2.20. The van der Waals surface area contributed by atoms with Crippen LogP contribution in [-0.2, 0) is 14.6 Å². The first-order valence-electron chi connectivity index (χ1n) is 6.72. The molecule has 1 N–H and O–H groups in total. The van der Waals surface area contributed by atoms with Crippen LogP contribution < -0.4 is 10.9 Å². The van der Waals surface area contributed by atoms with Crippen LogP contribution in [0.3, 0.4) is 0 Å². The minimum absolute atomic E-state index is 0.225. The van der Waals surface area contributed by atoms with Gasteiger partial charge in [-0.1, -0.05) is 18.3 Å². The van der Waals surface area contributed by atoms with Crippen molar-refractivity contribution in [2.24, 2.45) is 5.92 Å². The number of halogens is 1. The van der Waals surface area contributed by atoms with Crippen LogP contribution in [0.2, 0.25) is 0 Å². The predicted molar refractivity (Wildman–Crippen MR) is 91.0 cm³/mol. The molecule has 0 bridgehead atoms. The van der Waals surface area contributed by atoms with Gasteiger partial charge in [0.1, 0.15) is 25.7 Å². The number of hydrogen-bond donors (Lipinski definition) is 1. The minimum Gasteiger partial charge on any atom is -0.317 e. The number of carbonyl (C=O) groups excluding carboxylic acids is 1. The summed E-state index contributed by atoms with van der Waals surface area (Å²) < 4.78 is 35.7. The number of carbonyl (C=O) groups is 1. The van der Waals surface area contributed by atoms with E-state index in [1.54, 1.807) is 14.8 Å². The summed E-state index contributed by atoms with van der Waals surface area (Å²) in [6.07, 6.45) is 3.67. The van der Waals surface area contributed by atoms with Crippen molar-refractivity contribution in [2.75, 3.05) is 17.3 Å². The second-order valence-corrected chi connectivity index (χ2v) is 8.49. The molecule has 0 saturated carbocycles. The van der Waals surface area contributed by atoms with Gasteiger partial charge in [0.2, 0.25) is 5.91 Å². The average Bonchev–Trinajstić information content (AvgIpc) is 2.78. The van der Waals surface area contributed by atoms with E-state index < -0.39 is 27.5 Å². The summed E-state index contributed by atoms with van der Waals surface area (Å²) in [5.74, 6) is -1.77. The van der Waals surface area contributed by atoms with Crippen molar-refractivity contribution >= 4 is 45.5 Å². The Hall–Kier alpha value is -1.81. The summed E-state index contributed by atoms with van der Waals surface area (Å²) in [6.45, 7) is 1.55. The van der Waals surface area contributed by atoms with Crippen LogP contribution in [0.15, 0.2) is 18.5 Å². The SMILES string of the molecule is Bc1nc(-c2cncc(F)c2)sc1NC(=O)C(C)CS(C)(=O)=O. The van der Waals surface area contributed by atoms with Gasteiger partial charge in [0, 0.05) is 29.5 Å². The normalized spacial score (nSPS) is 12.8. The van der Waals surface area contributed by atoms with Crippen molar-refractivity contribution in [3.8, 4) is 10.6 Å². The standard InChI is InChI=1S/C13H15BFN3O3S2/c1-7(6-23(2,20)21)11(19)18-13-10(14)17-12(22-13)8-3-9(15)5-16-4-8/h3-5,7H,6,14H2,1-2H3,(H,18,19). The van der Waals surface area contributed by atoms with Gasteiger partial charge in [-0.05, 0) is 6.07 Å². The van der Waals surface area contributed by atoms with Crippen LogP contribution in [0.5, 0.6) is 0 Å². The quantitative estimate of drug-likeness (QED) is 0.776. The van der Waals surface area contributed by atoms with Crippen LogP contribution >= 0.6 is 11.3 Å². The lowest BCUT2D eigenvalue weighted by molar-refractivity contribution is -0.118. The molecule has 0 fully saturated rings. The van der Waals surface area contributed by atoms with Gasteiger partial charge in [-0.25, -0.2) is 17.8 Å². The molecule has 2 aromatic heterocycles. The zero-order chi connectivity index (χ0) is 17.2. The van der Waals surface area contributed by atoms with E-state index in [0.717, 1.165) is 12.5 Å². The van der Waals surface area contributed by atoms with E-state index in [0.29, 0.717) is 21.2 Å². The Labute approximate surface area is 138 Å². The van der Waals surface area contributed by atoms with Crippen molar-refractivity contribution in [2.45, 2.75) is 6.92 Å². The van der Waals surface area contributed by atoms with Crippen LogP contribution in [0, 0.1) is 11.7 Å². The molecule has 10 heteroatoms. The third-order valence-electron chi connectivity index (χ3n) is 2.99. The predicted octanol–water partition coefficient (Wildman–Crippen LogP) is 0.222. The fourth-order valence-corrected chi connectivity index (χ4v) is 3.94. The molecule has 1 amide bonds. The summed E-state index contributed by atoms with van der Waals surface area (Å²) in [7, 11) is -1.52. The monoisotopic (exact) mass is 355 g/mol. The summed E-state index contributed by atoms with van der Waals surface area (Å²) >= 11 is 1.19. The molecule has 0 aromatic carbocycles. The van der Waals surface area contributed by atoms with E-state index >= 15 is 0 Å². The molecule has 2 heterocycles. The van der Waals surface area contributed by atoms with E-state index in [1.807, 2.05) is 0 Å². The number of nitrogens with one attached hydrogen (secondary N) is 1. The molecule has 0 spiro atoms. The summed E-state index contributed by atoms with van der Waals surface area (Å²) in [6, 6.07) is 1.31. The van der Waals surface area contributed by atoms with Gasteiger partial charge in [-0.2, -0.15) is 0 Å². The lowest BCUT2D eigenvalue weighted by atomic mass is 10.1.